The molecule has 0 unspecified atom stereocenters. The second-order valence-corrected chi connectivity index (χ2v) is 5.73. The molecule has 0 saturated heterocycles. The van der Waals surface area contributed by atoms with Crippen molar-refractivity contribution < 1.29 is 9.90 Å². The van der Waals surface area contributed by atoms with Crippen LogP contribution in [-0.4, -0.2) is 16.6 Å². The predicted molar refractivity (Wildman–Crippen MR) is 73.0 cm³/mol. The van der Waals surface area contributed by atoms with Gasteiger partial charge in [0, 0.05) is 10.6 Å². The van der Waals surface area contributed by atoms with Crippen LogP contribution in [0.15, 0.2) is 17.9 Å². The first kappa shape index (κ1) is 13.2. The summed E-state index contributed by atoms with van der Waals surface area (Å²) >= 11 is 12.0. The second kappa shape index (κ2) is 4.18. The van der Waals surface area contributed by atoms with Gasteiger partial charge in [-0.05, 0) is 38.5 Å². The monoisotopic (exact) mass is 285 g/mol. The van der Waals surface area contributed by atoms with Crippen LogP contribution in [0.3, 0.4) is 0 Å². The highest BCUT2D eigenvalue weighted by atomic mass is 35.5. The quantitative estimate of drug-likeness (QED) is 0.830. The minimum absolute atomic E-state index is 0.000164. The van der Waals surface area contributed by atoms with Crippen molar-refractivity contribution in [1.82, 2.24) is 5.32 Å². The van der Waals surface area contributed by atoms with Crippen LogP contribution >= 0.6 is 23.2 Å². The number of amides is 1. The maximum Gasteiger partial charge on any atom is 0.256 e. The number of aliphatic hydroxyl groups is 1. The molecule has 2 N–H and O–H groups in total. The molecule has 1 aromatic carbocycles. The predicted octanol–water partition coefficient (Wildman–Crippen LogP) is 3.48. The Labute approximate surface area is 115 Å². The summed E-state index contributed by atoms with van der Waals surface area (Å²) in [5.41, 5.74) is 0.727. The summed E-state index contributed by atoms with van der Waals surface area (Å²) in [6.07, 6.45) is 0. The van der Waals surface area contributed by atoms with Gasteiger partial charge in [0.1, 0.15) is 5.76 Å². The molecular formula is C13H13Cl2NO2. The molecule has 1 amide bonds. The highest BCUT2D eigenvalue weighted by Crippen LogP contribution is 2.37. The van der Waals surface area contributed by atoms with Crippen LogP contribution in [0, 0.1) is 6.92 Å². The first-order valence-corrected chi connectivity index (χ1v) is 6.22. The Morgan fingerprint density at radius 3 is 2.33 bits per heavy atom. The first-order chi connectivity index (χ1) is 8.24. The lowest BCUT2D eigenvalue weighted by Gasteiger charge is -2.17. The number of hydrogen-bond acceptors (Lipinski definition) is 2. The Balaban J connectivity index is 2.71. The lowest BCUT2D eigenvalue weighted by Crippen LogP contribution is -2.38. The number of aliphatic hydroxyl groups excluding tert-OH is 1. The van der Waals surface area contributed by atoms with Crippen molar-refractivity contribution in [3.05, 3.63) is 39.1 Å². The number of carbonyl (C=O) groups is 1. The molecule has 5 heteroatoms. The number of carbonyl (C=O) groups excluding carboxylic acids is 1. The molecule has 96 valence electrons. The van der Waals surface area contributed by atoms with Gasteiger partial charge in [-0.1, -0.05) is 23.2 Å². The van der Waals surface area contributed by atoms with Crippen molar-refractivity contribution in [2.75, 3.05) is 0 Å². The average molecular weight is 286 g/mol. The number of halogens is 2. The summed E-state index contributed by atoms with van der Waals surface area (Å²) in [4.78, 5) is 12.0. The van der Waals surface area contributed by atoms with Crippen molar-refractivity contribution in [2.45, 2.75) is 26.3 Å². The third-order valence-corrected chi connectivity index (χ3v) is 3.50. The molecule has 0 spiro atoms. The zero-order valence-electron chi connectivity index (χ0n) is 10.3. The molecule has 0 bridgehead atoms. The van der Waals surface area contributed by atoms with E-state index in [1.807, 2.05) is 0 Å². The molecule has 0 radical (unpaired) electrons. The molecule has 1 aliphatic heterocycles. The number of hydrogen-bond donors (Lipinski definition) is 2. The minimum atomic E-state index is -0.776. The van der Waals surface area contributed by atoms with E-state index in [9.17, 15) is 9.90 Å². The van der Waals surface area contributed by atoms with Gasteiger partial charge in [0.15, 0.2) is 0 Å². The van der Waals surface area contributed by atoms with Crippen molar-refractivity contribution in [2.24, 2.45) is 0 Å². The fourth-order valence-corrected chi connectivity index (χ4v) is 2.77. The fourth-order valence-electron chi connectivity index (χ4n) is 2.08. The second-order valence-electron chi connectivity index (χ2n) is 4.88. The Kier molecular flexibility index (Phi) is 3.07. The van der Waals surface area contributed by atoms with Crippen molar-refractivity contribution in [3.63, 3.8) is 0 Å². The van der Waals surface area contributed by atoms with Crippen LogP contribution in [0.4, 0.5) is 0 Å². The van der Waals surface area contributed by atoms with Crippen LogP contribution in [0.2, 0.25) is 10.0 Å². The van der Waals surface area contributed by atoms with E-state index in [0.717, 1.165) is 5.56 Å². The Bertz CT molecular complexity index is 553. The van der Waals surface area contributed by atoms with Gasteiger partial charge in [-0.3, -0.25) is 4.79 Å². The van der Waals surface area contributed by atoms with E-state index in [0.29, 0.717) is 15.6 Å². The van der Waals surface area contributed by atoms with E-state index < -0.39 is 5.54 Å². The smallest absolute Gasteiger partial charge is 0.256 e. The zero-order chi connectivity index (χ0) is 13.7. The van der Waals surface area contributed by atoms with Crippen LogP contribution in [0.5, 0.6) is 0 Å². The fraction of sp³-hybridized carbons (Fsp3) is 0.308. The molecule has 18 heavy (non-hydrogen) atoms. The van der Waals surface area contributed by atoms with Gasteiger partial charge in [-0.15, -0.1) is 0 Å². The minimum Gasteiger partial charge on any atom is -0.509 e. The molecule has 1 aromatic rings. The molecule has 3 nitrogen and oxygen atoms in total. The average Bonchev–Trinajstić information content (AvgIpc) is 2.38. The van der Waals surface area contributed by atoms with Gasteiger partial charge in [0.25, 0.3) is 5.91 Å². The zero-order valence-corrected chi connectivity index (χ0v) is 11.8. The lowest BCUT2D eigenvalue weighted by atomic mass is 9.96. The molecule has 0 fully saturated rings. The largest absolute Gasteiger partial charge is 0.509 e. The molecule has 1 heterocycles. The van der Waals surface area contributed by atoms with Crippen LogP contribution in [0.1, 0.15) is 25.0 Å². The van der Waals surface area contributed by atoms with E-state index in [1.54, 1.807) is 32.9 Å². The standard InChI is InChI=1S/C13H13Cl2NO2/c1-6-4-7(14)5-8(15)9(6)10-11(17)13(2,3)16-12(10)18/h4-5,17H,1-3H3,(H,16,18). The maximum absolute atomic E-state index is 12.0. The summed E-state index contributed by atoms with van der Waals surface area (Å²) in [6.45, 7) is 5.25. The van der Waals surface area contributed by atoms with E-state index in [1.165, 1.54) is 0 Å². The van der Waals surface area contributed by atoms with E-state index in [4.69, 9.17) is 23.2 Å². The number of aryl methyl sites for hydroxylation is 1. The molecule has 2 rings (SSSR count). The van der Waals surface area contributed by atoms with Crippen LogP contribution in [0.25, 0.3) is 5.57 Å². The highest BCUT2D eigenvalue weighted by molar-refractivity contribution is 6.38. The summed E-state index contributed by atoms with van der Waals surface area (Å²) in [6, 6.07) is 3.27. The molecule has 0 saturated carbocycles. The van der Waals surface area contributed by atoms with Gasteiger partial charge in [-0.25, -0.2) is 0 Å². The maximum atomic E-state index is 12.0. The van der Waals surface area contributed by atoms with Crippen molar-refractivity contribution in [1.29, 1.82) is 0 Å². The third-order valence-electron chi connectivity index (χ3n) is 2.98. The molecule has 1 aliphatic rings. The number of benzene rings is 1. The summed E-state index contributed by atoms with van der Waals surface area (Å²) in [5, 5.41) is 13.7. The Morgan fingerprint density at radius 1 is 1.28 bits per heavy atom. The van der Waals surface area contributed by atoms with Gasteiger partial charge >= 0.3 is 0 Å². The van der Waals surface area contributed by atoms with E-state index >= 15 is 0 Å². The SMILES string of the molecule is Cc1cc(Cl)cc(Cl)c1C1=C(O)C(C)(C)NC1=O. The van der Waals surface area contributed by atoms with Gasteiger partial charge in [-0.2, -0.15) is 0 Å². The summed E-state index contributed by atoms with van der Waals surface area (Å²) < 4.78 is 0. The molecule has 0 atom stereocenters. The summed E-state index contributed by atoms with van der Waals surface area (Å²) in [5.74, 6) is -0.329. The van der Waals surface area contributed by atoms with Gasteiger partial charge in [0.05, 0.1) is 16.1 Å². The third kappa shape index (κ3) is 1.98. The first-order valence-electron chi connectivity index (χ1n) is 5.46. The highest BCUT2D eigenvalue weighted by Gasteiger charge is 2.39. The number of rotatable bonds is 1. The Morgan fingerprint density at radius 2 is 1.89 bits per heavy atom. The van der Waals surface area contributed by atoms with Crippen molar-refractivity contribution >= 4 is 34.7 Å². The topological polar surface area (TPSA) is 49.3 Å². The number of nitrogens with one attached hydrogen (secondary N) is 1. The van der Waals surface area contributed by atoms with Crippen molar-refractivity contribution in [3.8, 4) is 0 Å². The normalized spacial score (nSPS) is 18.2. The van der Waals surface area contributed by atoms with Gasteiger partial charge in [0.2, 0.25) is 0 Å². The van der Waals surface area contributed by atoms with E-state index in [2.05, 4.69) is 5.32 Å². The van der Waals surface area contributed by atoms with Gasteiger partial charge < -0.3 is 10.4 Å². The van der Waals surface area contributed by atoms with E-state index in [-0.39, 0.29) is 17.2 Å². The van der Waals surface area contributed by atoms with Crippen LogP contribution < -0.4 is 5.32 Å². The van der Waals surface area contributed by atoms with Crippen LogP contribution in [-0.2, 0) is 4.79 Å². The lowest BCUT2D eigenvalue weighted by molar-refractivity contribution is -0.115. The molecule has 0 aliphatic carbocycles. The Hall–Kier alpha value is -1.19. The molecule has 0 aromatic heterocycles. The summed E-state index contributed by atoms with van der Waals surface area (Å²) in [7, 11) is 0. The molecular weight excluding hydrogens is 273 g/mol.